The highest BCUT2D eigenvalue weighted by molar-refractivity contribution is 7.07. The van der Waals surface area contributed by atoms with Crippen molar-refractivity contribution in [3.8, 4) is 0 Å². The predicted molar refractivity (Wildman–Crippen MR) is 89.0 cm³/mol. The van der Waals surface area contributed by atoms with Gasteiger partial charge < -0.3 is 14.0 Å². The van der Waals surface area contributed by atoms with Crippen LogP contribution in [-0.4, -0.2) is 36.4 Å². The molecule has 1 unspecified atom stereocenters. The second-order valence-corrected chi connectivity index (χ2v) is 6.65. The van der Waals surface area contributed by atoms with Gasteiger partial charge in [-0.1, -0.05) is 29.3 Å². The van der Waals surface area contributed by atoms with E-state index in [0.29, 0.717) is 34.6 Å². The molecule has 2 heterocycles. The van der Waals surface area contributed by atoms with Crippen LogP contribution in [0, 0.1) is 0 Å². The highest BCUT2D eigenvalue weighted by Crippen LogP contribution is 2.21. The molecule has 0 saturated carbocycles. The first-order valence-electron chi connectivity index (χ1n) is 6.99. The fourth-order valence-corrected chi connectivity index (χ4v) is 3.34. The summed E-state index contributed by atoms with van der Waals surface area (Å²) in [4.78, 5) is 16.9. The summed E-state index contributed by atoms with van der Waals surface area (Å²) in [6.45, 7) is 1.68. The number of halogens is 2. The van der Waals surface area contributed by atoms with E-state index in [9.17, 15) is 4.79 Å². The Labute approximate surface area is 147 Å². The van der Waals surface area contributed by atoms with E-state index >= 15 is 0 Å². The Morgan fingerprint density at radius 3 is 3.00 bits per heavy atom. The molecule has 1 fully saturated rings. The molecule has 1 aliphatic rings. The number of amides is 1. The van der Waals surface area contributed by atoms with Crippen molar-refractivity contribution in [1.29, 1.82) is 0 Å². The quantitative estimate of drug-likeness (QED) is 0.832. The first-order chi connectivity index (χ1) is 11.1. The average molecular weight is 373 g/mol. The SMILES string of the molecule is O=C(N=c1sccn1Cc1ccc(Cl)cc1Cl)C1COCCO1. The fraction of sp³-hybridized carbons (Fsp3) is 0.333. The van der Waals surface area contributed by atoms with Gasteiger partial charge in [-0.15, -0.1) is 11.3 Å². The van der Waals surface area contributed by atoms with E-state index in [-0.39, 0.29) is 12.5 Å². The maximum absolute atomic E-state index is 12.2. The van der Waals surface area contributed by atoms with Crippen LogP contribution in [0.25, 0.3) is 0 Å². The van der Waals surface area contributed by atoms with Gasteiger partial charge in [-0.2, -0.15) is 4.99 Å². The smallest absolute Gasteiger partial charge is 0.279 e. The lowest BCUT2D eigenvalue weighted by Crippen LogP contribution is -2.35. The second kappa shape index (κ2) is 7.59. The minimum Gasteiger partial charge on any atom is -0.376 e. The number of aromatic nitrogens is 1. The van der Waals surface area contributed by atoms with Crippen LogP contribution in [0.2, 0.25) is 10.0 Å². The Morgan fingerprint density at radius 2 is 2.26 bits per heavy atom. The fourth-order valence-electron chi connectivity index (χ4n) is 2.14. The molecule has 5 nitrogen and oxygen atoms in total. The standard InChI is InChI=1S/C15H14Cl2N2O3S/c16-11-2-1-10(12(17)7-11)8-19-3-6-23-15(19)18-14(20)13-9-21-4-5-22-13/h1-3,6-7,13H,4-5,8-9H2. The van der Waals surface area contributed by atoms with Gasteiger partial charge in [0.05, 0.1) is 26.4 Å². The second-order valence-electron chi connectivity index (χ2n) is 4.93. The molecule has 0 bridgehead atoms. The molecular formula is C15H14Cl2N2O3S. The largest absolute Gasteiger partial charge is 0.376 e. The van der Waals surface area contributed by atoms with Crippen molar-refractivity contribution in [3.63, 3.8) is 0 Å². The van der Waals surface area contributed by atoms with Gasteiger partial charge in [0, 0.05) is 21.6 Å². The topological polar surface area (TPSA) is 52.8 Å². The van der Waals surface area contributed by atoms with E-state index in [0.717, 1.165) is 5.56 Å². The molecule has 0 N–H and O–H groups in total. The monoisotopic (exact) mass is 372 g/mol. The number of carbonyl (C=O) groups is 1. The van der Waals surface area contributed by atoms with Gasteiger partial charge in [0.15, 0.2) is 10.9 Å². The molecule has 122 valence electrons. The van der Waals surface area contributed by atoms with Gasteiger partial charge in [0.1, 0.15) is 0 Å². The lowest BCUT2D eigenvalue weighted by molar-refractivity contribution is -0.144. The summed E-state index contributed by atoms with van der Waals surface area (Å²) < 4.78 is 12.5. The maximum atomic E-state index is 12.2. The molecule has 0 spiro atoms. The van der Waals surface area contributed by atoms with Crippen molar-refractivity contribution in [2.75, 3.05) is 19.8 Å². The van der Waals surface area contributed by atoms with Crippen molar-refractivity contribution in [2.45, 2.75) is 12.6 Å². The van der Waals surface area contributed by atoms with Crippen LogP contribution >= 0.6 is 34.5 Å². The first-order valence-corrected chi connectivity index (χ1v) is 8.63. The molecule has 1 saturated heterocycles. The number of hydrogen-bond acceptors (Lipinski definition) is 4. The van der Waals surface area contributed by atoms with Gasteiger partial charge in [0.2, 0.25) is 0 Å². The zero-order valence-corrected chi connectivity index (χ0v) is 14.4. The van der Waals surface area contributed by atoms with Gasteiger partial charge in [0.25, 0.3) is 5.91 Å². The number of nitrogens with zero attached hydrogens (tertiary/aromatic N) is 2. The third-order valence-electron chi connectivity index (χ3n) is 3.31. The summed E-state index contributed by atoms with van der Waals surface area (Å²) in [5.41, 5.74) is 0.903. The van der Waals surface area contributed by atoms with Crippen molar-refractivity contribution in [1.82, 2.24) is 4.57 Å². The number of thiazole rings is 1. The van der Waals surface area contributed by atoms with E-state index in [1.807, 2.05) is 22.2 Å². The molecule has 1 aromatic heterocycles. The molecule has 1 aliphatic heterocycles. The normalized spacial score (nSPS) is 19.0. The highest BCUT2D eigenvalue weighted by Gasteiger charge is 2.22. The Morgan fingerprint density at radius 1 is 1.39 bits per heavy atom. The Balaban J connectivity index is 1.81. The molecular weight excluding hydrogens is 359 g/mol. The molecule has 2 aromatic rings. The van der Waals surface area contributed by atoms with Crippen molar-refractivity contribution in [2.24, 2.45) is 4.99 Å². The van der Waals surface area contributed by atoms with E-state index in [1.165, 1.54) is 11.3 Å². The number of rotatable bonds is 3. The highest BCUT2D eigenvalue weighted by atomic mass is 35.5. The number of benzene rings is 1. The third kappa shape index (κ3) is 4.22. The predicted octanol–water partition coefficient (Wildman–Crippen LogP) is 2.75. The van der Waals surface area contributed by atoms with Crippen molar-refractivity contribution in [3.05, 3.63) is 50.2 Å². The van der Waals surface area contributed by atoms with E-state index in [2.05, 4.69) is 4.99 Å². The van der Waals surface area contributed by atoms with Crippen molar-refractivity contribution >= 4 is 40.4 Å². The summed E-state index contributed by atoms with van der Waals surface area (Å²) in [5.74, 6) is -0.330. The number of ether oxygens (including phenoxy) is 2. The molecule has 1 atom stereocenters. The average Bonchev–Trinajstić information content (AvgIpc) is 2.98. The number of carbonyl (C=O) groups excluding carboxylic acids is 1. The Kier molecular flexibility index (Phi) is 5.50. The van der Waals surface area contributed by atoms with Gasteiger partial charge >= 0.3 is 0 Å². The summed E-state index contributed by atoms with van der Waals surface area (Å²) in [5, 5.41) is 3.04. The van der Waals surface area contributed by atoms with Crippen LogP contribution in [0.5, 0.6) is 0 Å². The summed E-state index contributed by atoms with van der Waals surface area (Å²) in [6, 6.07) is 5.34. The van der Waals surface area contributed by atoms with Gasteiger partial charge in [-0.3, -0.25) is 4.79 Å². The van der Waals surface area contributed by atoms with Crippen LogP contribution in [0.4, 0.5) is 0 Å². The van der Waals surface area contributed by atoms with Gasteiger partial charge in [-0.05, 0) is 17.7 Å². The molecule has 8 heteroatoms. The molecule has 3 rings (SSSR count). The molecule has 1 aromatic carbocycles. The van der Waals surface area contributed by atoms with Gasteiger partial charge in [-0.25, -0.2) is 0 Å². The third-order valence-corrected chi connectivity index (χ3v) is 4.69. The molecule has 0 radical (unpaired) electrons. The van der Waals surface area contributed by atoms with Crippen LogP contribution in [0.1, 0.15) is 5.56 Å². The van der Waals surface area contributed by atoms with E-state index < -0.39 is 6.10 Å². The summed E-state index contributed by atoms with van der Waals surface area (Å²) in [6.07, 6.45) is 1.23. The zero-order chi connectivity index (χ0) is 16.2. The summed E-state index contributed by atoms with van der Waals surface area (Å²) >= 11 is 13.5. The molecule has 0 aliphatic carbocycles. The minimum atomic E-state index is -0.626. The van der Waals surface area contributed by atoms with Crippen LogP contribution in [0.15, 0.2) is 34.8 Å². The Bertz CT molecular complexity index is 766. The zero-order valence-electron chi connectivity index (χ0n) is 12.1. The summed E-state index contributed by atoms with van der Waals surface area (Å²) in [7, 11) is 0. The van der Waals surface area contributed by atoms with Crippen LogP contribution < -0.4 is 4.80 Å². The maximum Gasteiger partial charge on any atom is 0.279 e. The van der Waals surface area contributed by atoms with Crippen molar-refractivity contribution < 1.29 is 14.3 Å². The lowest BCUT2D eigenvalue weighted by Gasteiger charge is -2.19. The van der Waals surface area contributed by atoms with Crippen LogP contribution in [-0.2, 0) is 20.8 Å². The molecule has 1 amide bonds. The van der Waals surface area contributed by atoms with E-state index in [1.54, 1.807) is 12.1 Å². The minimum absolute atomic E-state index is 0.247. The van der Waals surface area contributed by atoms with E-state index in [4.69, 9.17) is 32.7 Å². The number of hydrogen-bond donors (Lipinski definition) is 0. The first kappa shape index (κ1) is 16.7. The van der Waals surface area contributed by atoms with Crippen LogP contribution in [0.3, 0.4) is 0 Å². The molecule has 23 heavy (non-hydrogen) atoms. The lowest BCUT2D eigenvalue weighted by atomic mass is 10.2. The Hall–Kier alpha value is -1.18.